The summed E-state index contributed by atoms with van der Waals surface area (Å²) in [6, 6.07) is 7.16. The van der Waals surface area contributed by atoms with Crippen molar-refractivity contribution in [3.63, 3.8) is 0 Å². The Morgan fingerprint density at radius 2 is 1.82 bits per heavy atom. The maximum atomic E-state index is 11.7. The molecule has 1 aromatic carbocycles. The number of halogens is 1. The molecular formula is C12H16ClNO2S. The molecule has 0 aromatic heterocycles. The molecule has 0 amide bonds. The van der Waals surface area contributed by atoms with Crippen LogP contribution in [0.5, 0.6) is 0 Å². The molecule has 1 aliphatic rings. The van der Waals surface area contributed by atoms with Crippen molar-refractivity contribution in [1.82, 2.24) is 0 Å². The van der Waals surface area contributed by atoms with Crippen LogP contribution in [0.15, 0.2) is 29.2 Å². The van der Waals surface area contributed by atoms with Crippen LogP contribution < -0.4 is 4.90 Å². The van der Waals surface area contributed by atoms with Crippen LogP contribution in [0.1, 0.15) is 12.8 Å². The topological polar surface area (TPSA) is 37.4 Å². The molecule has 0 saturated carbocycles. The molecule has 17 heavy (non-hydrogen) atoms. The number of hydrogen-bond donors (Lipinski definition) is 0. The van der Waals surface area contributed by atoms with Gasteiger partial charge in [-0.25, -0.2) is 8.42 Å². The minimum absolute atomic E-state index is 0.219. The SMILES string of the molecule is CS(=O)(=O)c1ccccc1N1CCC(Cl)CC1. The van der Waals surface area contributed by atoms with Crippen molar-refractivity contribution < 1.29 is 8.42 Å². The van der Waals surface area contributed by atoms with Gasteiger partial charge < -0.3 is 4.90 Å². The van der Waals surface area contributed by atoms with Crippen molar-refractivity contribution in [3.8, 4) is 0 Å². The van der Waals surface area contributed by atoms with Gasteiger partial charge in [-0.15, -0.1) is 11.6 Å². The molecule has 3 nitrogen and oxygen atoms in total. The van der Waals surface area contributed by atoms with E-state index in [-0.39, 0.29) is 5.38 Å². The van der Waals surface area contributed by atoms with Crippen LogP contribution in [0.3, 0.4) is 0 Å². The Bertz CT molecular complexity index is 493. The van der Waals surface area contributed by atoms with Gasteiger partial charge in [0.1, 0.15) is 0 Å². The van der Waals surface area contributed by atoms with E-state index in [0.29, 0.717) is 4.90 Å². The normalized spacial score (nSPS) is 18.4. The highest BCUT2D eigenvalue weighted by Crippen LogP contribution is 2.28. The average Bonchev–Trinajstić information content (AvgIpc) is 2.29. The van der Waals surface area contributed by atoms with Gasteiger partial charge in [-0.1, -0.05) is 12.1 Å². The first-order valence-corrected chi connectivity index (χ1v) is 7.99. The minimum atomic E-state index is -3.17. The number of rotatable bonds is 2. The Hall–Kier alpha value is -0.740. The maximum absolute atomic E-state index is 11.7. The van der Waals surface area contributed by atoms with Crippen LogP contribution in [-0.2, 0) is 9.84 Å². The number of benzene rings is 1. The first kappa shape index (κ1) is 12.7. The number of piperidine rings is 1. The van der Waals surface area contributed by atoms with E-state index in [9.17, 15) is 8.42 Å². The minimum Gasteiger partial charge on any atom is -0.370 e. The van der Waals surface area contributed by atoms with Gasteiger partial charge in [0, 0.05) is 24.7 Å². The molecule has 0 radical (unpaired) electrons. The Morgan fingerprint density at radius 1 is 1.24 bits per heavy atom. The van der Waals surface area contributed by atoms with Crippen molar-refractivity contribution in [1.29, 1.82) is 0 Å². The van der Waals surface area contributed by atoms with Gasteiger partial charge in [0.25, 0.3) is 0 Å². The van der Waals surface area contributed by atoms with Crippen LogP contribution in [-0.4, -0.2) is 33.1 Å². The van der Waals surface area contributed by atoms with Crippen molar-refractivity contribution in [3.05, 3.63) is 24.3 Å². The van der Waals surface area contributed by atoms with E-state index >= 15 is 0 Å². The predicted octanol–water partition coefficient (Wildman–Crippen LogP) is 2.30. The Morgan fingerprint density at radius 3 is 2.41 bits per heavy atom. The Balaban J connectivity index is 2.33. The highest BCUT2D eigenvalue weighted by molar-refractivity contribution is 7.90. The maximum Gasteiger partial charge on any atom is 0.177 e. The van der Waals surface area contributed by atoms with Gasteiger partial charge >= 0.3 is 0 Å². The van der Waals surface area contributed by atoms with Crippen molar-refractivity contribution in [2.45, 2.75) is 23.1 Å². The monoisotopic (exact) mass is 273 g/mol. The zero-order chi connectivity index (χ0) is 12.5. The molecule has 0 N–H and O–H groups in total. The molecule has 0 aliphatic carbocycles. The summed E-state index contributed by atoms with van der Waals surface area (Å²) in [5, 5.41) is 0.219. The summed E-state index contributed by atoms with van der Waals surface area (Å²) < 4.78 is 23.4. The highest BCUT2D eigenvalue weighted by Gasteiger charge is 2.22. The average molecular weight is 274 g/mol. The summed E-state index contributed by atoms with van der Waals surface area (Å²) in [7, 11) is -3.17. The summed E-state index contributed by atoms with van der Waals surface area (Å²) in [5.74, 6) is 0. The predicted molar refractivity (Wildman–Crippen MR) is 70.6 cm³/mol. The molecule has 1 fully saturated rings. The summed E-state index contributed by atoms with van der Waals surface area (Å²) in [5.41, 5.74) is 0.804. The zero-order valence-corrected chi connectivity index (χ0v) is 11.3. The molecule has 0 spiro atoms. The lowest BCUT2D eigenvalue weighted by Gasteiger charge is -2.32. The molecule has 1 saturated heterocycles. The number of alkyl halides is 1. The zero-order valence-electron chi connectivity index (χ0n) is 9.77. The summed E-state index contributed by atoms with van der Waals surface area (Å²) >= 11 is 6.05. The number of para-hydroxylation sites is 1. The number of nitrogens with zero attached hydrogens (tertiary/aromatic N) is 1. The smallest absolute Gasteiger partial charge is 0.177 e. The summed E-state index contributed by atoms with van der Waals surface area (Å²) in [6.45, 7) is 1.64. The molecule has 0 unspecified atom stereocenters. The molecule has 5 heteroatoms. The molecule has 0 bridgehead atoms. The van der Waals surface area contributed by atoms with Gasteiger partial charge in [-0.2, -0.15) is 0 Å². The number of sulfone groups is 1. The van der Waals surface area contributed by atoms with Crippen molar-refractivity contribution >= 4 is 27.1 Å². The van der Waals surface area contributed by atoms with Gasteiger partial charge in [0.15, 0.2) is 9.84 Å². The third-order valence-corrected chi connectivity index (χ3v) is 4.61. The van der Waals surface area contributed by atoms with Crippen molar-refractivity contribution in [2.75, 3.05) is 24.2 Å². The van der Waals surface area contributed by atoms with E-state index < -0.39 is 9.84 Å². The van der Waals surface area contributed by atoms with Gasteiger partial charge in [-0.3, -0.25) is 0 Å². The third-order valence-electron chi connectivity index (χ3n) is 3.03. The van der Waals surface area contributed by atoms with E-state index in [1.807, 2.05) is 12.1 Å². The standard InChI is InChI=1S/C12H16ClNO2S/c1-17(15,16)12-5-3-2-4-11(12)14-8-6-10(13)7-9-14/h2-5,10H,6-9H2,1H3. The third kappa shape index (κ3) is 2.93. The van der Waals surface area contributed by atoms with E-state index in [4.69, 9.17) is 11.6 Å². The van der Waals surface area contributed by atoms with Crippen LogP contribution in [0.2, 0.25) is 0 Å². The second kappa shape index (κ2) is 4.86. The Kier molecular flexibility index (Phi) is 3.64. The lowest BCUT2D eigenvalue weighted by molar-refractivity contribution is 0.578. The van der Waals surface area contributed by atoms with E-state index in [1.165, 1.54) is 6.26 Å². The second-order valence-corrected chi connectivity index (χ2v) is 7.00. The van der Waals surface area contributed by atoms with Crippen LogP contribution in [0.4, 0.5) is 5.69 Å². The lowest BCUT2D eigenvalue weighted by atomic mass is 10.1. The first-order chi connectivity index (χ1) is 7.98. The first-order valence-electron chi connectivity index (χ1n) is 5.66. The molecular weight excluding hydrogens is 258 g/mol. The molecule has 1 heterocycles. The van der Waals surface area contributed by atoms with Crippen molar-refractivity contribution in [2.24, 2.45) is 0 Å². The fourth-order valence-corrected chi connectivity index (χ4v) is 3.22. The molecule has 1 aromatic rings. The lowest BCUT2D eigenvalue weighted by Crippen LogP contribution is -2.34. The van der Waals surface area contributed by atoms with Crippen LogP contribution in [0, 0.1) is 0 Å². The van der Waals surface area contributed by atoms with Crippen LogP contribution in [0.25, 0.3) is 0 Å². The quantitative estimate of drug-likeness (QED) is 0.776. The van der Waals surface area contributed by atoms with Gasteiger partial charge in [0.05, 0.1) is 10.6 Å². The fraction of sp³-hybridized carbons (Fsp3) is 0.500. The molecule has 2 rings (SSSR count). The highest BCUT2D eigenvalue weighted by atomic mass is 35.5. The summed E-state index contributed by atoms with van der Waals surface area (Å²) in [6.07, 6.45) is 3.05. The fourth-order valence-electron chi connectivity index (χ4n) is 2.12. The Labute approximate surface area is 107 Å². The molecule has 0 atom stereocenters. The van der Waals surface area contributed by atoms with E-state index in [2.05, 4.69) is 4.90 Å². The number of hydrogen-bond acceptors (Lipinski definition) is 3. The van der Waals surface area contributed by atoms with E-state index in [1.54, 1.807) is 12.1 Å². The van der Waals surface area contributed by atoms with Gasteiger partial charge in [-0.05, 0) is 25.0 Å². The summed E-state index contributed by atoms with van der Waals surface area (Å²) in [4.78, 5) is 2.52. The molecule has 94 valence electrons. The van der Waals surface area contributed by atoms with Gasteiger partial charge in [0.2, 0.25) is 0 Å². The molecule has 1 aliphatic heterocycles. The van der Waals surface area contributed by atoms with Crippen LogP contribution >= 0.6 is 11.6 Å². The van der Waals surface area contributed by atoms with E-state index in [0.717, 1.165) is 31.6 Å². The largest absolute Gasteiger partial charge is 0.370 e. The second-order valence-electron chi connectivity index (χ2n) is 4.40. The number of anilines is 1.